The minimum atomic E-state index is -1.23. The number of carboxylic acid groups (broad SMARTS) is 1. The van der Waals surface area contributed by atoms with Crippen molar-refractivity contribution in [3.8, 4) is 0 Å². The third-order valence-electron chi connectivity index (χ3n) is 6.22. The number of hydrogen-bond acceptors (Lipinski definition) is 5. The molecule has 2 heterocycles. The third kappa shape index (κ3) is 4.98. The van der Waals surface area contributed by atoms with Crippen molar-refractivity contribution >= 4 is 11.7 Å². The minimum absolute atomic E-state index is 0.198. The number of carbonyl (C=O) groups is 1. The zero-order valence-electron chi connectivity index (χ0n) is 20.2. The predicted molar refractivity (Wildman–Crippen MR) is 122 cm³/mol. The summed E-state index contributed by atoms with van der Waals surface area (Å²) >= 11 is 0. The summed E-state index contributed by atoms with van der Waals surface area (Å²) in [6.07, 6.45) is 5.33. The summed E-state index contributed by atoms with van der Waals surface area (Å²) in [5, 5.41) is 10.1. The van der Waals surface area contributed by atoms with Crippen LogP contribution in [0.25, 0.3) is 0 Å². The number of allylic oxidation sites excluding steroid dienone is 3. The minimum Gasteiger partial charge on any atom is -0.500 e. The maximum absolute atomic E-state index is 15.0. The van der Waals surface area contributed by atoms with E-state index in [4.69, 9.17) is 9.47 Å². The maximum atomic E-state index is 15.0. The zero-order valence-corrected chi connectivity index (χ0v) is 20.2. The number of methoxy groups -OCH3 is 1. The van der Waals surface area contributed by atoms with Crippen LogP contribution in [-0.2, 0) is 14.3 Å². The van der Waals surface area contributed by atoms with E-state index in [-0.39, 0.29) is 11.2 Å². The van der Waals surface area contributed by atoms with Crippen molar-refractivity contribution in [1.82, 2.24) is 4.98 Å². The van der Waals surface area contributed by atoms with Crippen LogP contribution in [0.3, 0.4) is 0 Å². The molecule has 1 aromatic rings. The van der Waals surface area contributed by atoms with Crippen molar-refractivity contribution in [3.63, 3.8) is 0 Å². The highest BCUT2D eigenvalue weighted by Gasteiger charge is 2.39. The van der Waals surface area contributed by atoms with Gasteiger partial charge in [0.15, 0.2) is 6.10 Å². The van der Waals surface area contributed by atoms with E-state index in [0.29, 0.717) is 28.3 Å². The number of nitrogens with zero attached hydrogens (tertiary/aromatic N) is 2. The van der Waals surface area contributed by atoms with E-state index in [9.17, 15) is 14.3 Å². The fraction of sp³-hybridized carbons (Fsp3) is 0.600. The van der Waals surface area contributed by atoms with Crippen molar-refractivity contribution in [2.75, 3.05) is 25.1 Å². The number of halogens is 1. The van der Waals surface area contributed by atoms with E-state index in [2.05, 4.69) is 23.7 Å². The van der Waals surface area contributed by atoms with Crippen LogP contribution in [0.4, 0.5) is 10.1 Å². The molecule has 0 radical (unpaired) electrons. The summed E-state index contributed by atoms with van der Waals surface area (Å²) in [5.74, 6) is -1.71. The van der Waals surface area contributed by atoms with E-state index < -0.39 is 23.6 Å². The second-order valence-corrected chi connectivity index (χ2v) is 10.4. The molecule has 0 spiro atoms. The standard InChI is InChI=1S/C25H35FN2O4/c1-15-19(22(23(29)30)32-24(2,3)4)21(28-12-10-25(5,6)11-13-28)16(14-27-15)20-17(26)8-9-18(20)31-7/h8-9,14,20,22H,10-13H2,1-7H3,(H,29,30)/t20?,22-/m0/s1. The van der Waals surface area contributed by atoms with Gasteiger partial charge >= 0.3 is 5.97 Å². The Balaban J connectivity index is 2.23. The molecule has 0 saturated carbocycles. The summed E-state index contributed by atoms with van der Waals surface area (Å²) in [5.41, 5.74) is 1.86. The zero-order chi connectivity index (χ0) is 23.8. The van der Waals surface area contributed by atoms with Gasteiger partial charge in [0.2, 0.25) is 0 Å². The van der Waals surface area contributed by atoms with E-state index in [1.165, 1.54) is 13.2 Å². The predicted octanol–water partition coefficient (Wildman–Crippen LogP) is 5.44. The Morgan fingerprint density at radius 1 is 1.28 bits per heavy atom. The lowest BCUT2D eigenvalue weighted by atomic mass is 9.81. The fourth-order valence-corrected chi connectivity index (χ4v) is 4.40. The highest BCUT2D eigenvalue weighted by atomic mass is 19.1. The van der Waals surface area contributed by atoms with Gasteiger partial charge in [-0.15, -0.1) is 0 Å². The second-order valence-electron chi connectivity index (χ2n) is 10.4. The summed E-state index contributed by atoms with van der Waals surface area (Å²) in [4.78, 5) is 19.1. The van der Waals surface area contributed by atoms with Crippen LogP contribution < -0.4 is 4.90 Å². The first-order valence-corrected chi connectivity index (χ1v) is 11.1. The Morgan fingerprint density at radius 2 is 1.91 bits per heavy atom. The molecule has 1 unspecified atom stereocenters. The van der Waals surface area contributed by atoms with Crippen LogP contribution in [0.5, 0.6) is 0 Å². The summed E-state index contributed by atoms with van der Waals surface area (Å²) < 4.78 is 26.5. The molecular formula is C25H35FN2O4. The van der Waals surface area contributed by atoms with E-state index in [1.54, 1.807) is 19.2 Å². The van der Waals surface area contributed by atoms with Crippen molar-refractivity contribution in [3.05, 3.63) is 46.8 Å². The van der Waals surface area contributed by atoms with Gasteiger partial charge in [-0.3, -0.25) is 4.98 Å². The number of piperidine rings is 1. The summed E-state index contributed by atoms with van der Waals surface area (Å²) in [6.45, 7) is 13.2. The molecule has 0 bridgehead atoms. The van der Waals surface area contributed by atoms with E-state index >= 15 is 0 Å². The molecule has 1 aliphatic carbocycles. The number of hydrogen-bond donors (Lipinski definition) is 1. The molecule has 0 amide bonds. The average molecular weight is 447 g/mol. The van der Waals surface area contributed by atoms with E-state index in [1.807, 2.05) is 20.8 Å². The van der Waals surface area contributed by atoms with Gasteiger partial charge in [-0.25, -0.2) is 9.18 Å². The summed E-state index contributed by atoms with van der Waals surface area (Å²) in [7, 11) is 1.51. The van der Waals surface area contributed by atoms with Gasteiger partial charge in [0.1, 0.15) is 11.6 Å². The number of aliphatic carboxylic acids is 1. The van der Waals surface area contributed by atoms with E-state index in [0.717, 1.165) is 25.9 Å². The first-order valence-electron chi connectivity index (χ1n) is 11.1. The Labute approximate surface area is 190 Å². The largest absolute Gasteiger partial charge is 0.500 e. The second kappa shape index (κ2) is 8.85. The Kier molecular flexibility index (Phi) is 6.70. The van der Waals surface area contributed by atoms with Gasteiger partial charge < -0.3 is 19.5 Å². The number of ether oxygens (including phenoxy) is 2. The van der Waals surface area contributed by atoms with Gasteiger partial charge in [0, 0.05) is 36.1 Å². The van der Waals surface area contributed by atoms with Gasteiger partial charge in [-0.1, -0.05) is 13.8 Å². The van der Waals surface area contributed by atoms with Crippen molar-refractivity contribution in [2.45, 2.75) is 72.0 Å². The maximum Gasteiger partial charge on any atom is 0.337 e. The number of rotatable bonds is 6. The lowest BCUT2D eigenvalue weighted by Crippen LogP contribution is -2.39. The molecule has 1 N–H and O–H groups in total. The number of anilines is 1. The molecule has 32 heavy (non-hydrogen) atoms. The molecule has 7 heteroatoms. The van der Waals surface area contributed by atoms with Gasteiger partial charge in [0.25, 0.3) is 0 Å². The van der Waals surface area contributed by atoms with Gasteiger partial charge in [0.05, 0.1) is 24.3 Å². The van der Waals surface area contributed by atoms with Crippen LogP contribution in [0.1, 0.15) is 76.3 Å². The highest BCUT2D eigenvalue weighted by molar-refractivity contribution is 5.80. The smallest absolute Gasteiger partial charge is 0.337 e. The van der Waals surface area contributed by atoms with Crippen molar-refractivity contribution in [1.29, 1.82) is 0 Å². The molecule has 3 rings (SSSR count). The van der Waals surface area contributed by atoms with Crippen LogP contribution in [0.15, 0.2) is 29.9 Å². The number of pyridine rings is 1. The fourth-order valence-electron chi connectivity index (χ4n) is 4.40. The SMILES string of the molecule is COC1=CC=C(F)C1c1cnc(C)c([C@H](OC(C)(C)C)C(=O)O)c1N1CCC(C)(C)CC1. The molecule has 0 aromatic carbocycles. The average Bonchev–Trinajstić information content (AvgIpc) is 3.06. The molecule has 1 fully saturated rings. The Bertz CT molecular complexity index is 936. The molecule has 176 valence electrons. The Hall–Kier alpha value is -2.41. The first kappa shape index (κ1) is 24.2. The number of aromatic nitrogens is 1. The number of aryl methyl sites for hydroxylation is 1. The number of carboxylic acids is 1. The quantitative estimate of drug-likeness (QED) is 0.628. The third-order valence-corrected chi connectivity index (χ3v) is 6.22. The van der Waals surface area contributed by atoms with Crippen molar-refractivity contribution < 1.29 is 23.8 Å². The first-order chi connectivity index (χ1) is 14.8. The van der Waals surface area contributed by atoms with Crippen LogP contribution >= 0.6 is 0 Å². The van der Waals surface area contributed by atoms with Gasteiger partial charge in [-0.05, 0) is 58.1 Å². The summed E-state index contributed by atoms with van der Waals surface area (Å²) in [6, 6.07) is 0. The topological polar surface area (TPSA) is 71.9 Å². The molecule has 2 aliphatic rings. The van der Waals surface area contributed by atoms with Crippen LogP contribution in [0.2, 0.25) is 0 Å². The van der Waals surface area contributed by atoms with Crippen molar-refractivity contribution in [2.24, 2.45) is 5.41 Å². The lowest BCUT2D eigenvalue weighted by Gasteiger charge is -2.41. The molecule has 6 nitrogen and oxygen atoms in total. The Morgan fingerprint density at radius 3 is 2.44 bits per heavy atom. The molecule has 1 saturated heterocycles. The van der Waals surface area contributed by atoms with Crippen LogP contribution in [-0.4, -0.2) is 41.9 Å². The normalized spacial score (nSPS) is 21.8. The molecule has 2 atom stereocenters. The molecule has 1 aromatic heterocycles. The monoisotopic (exact) mass is 446 g/mol. The molecule has 1 aliphatic heterocycles. The molecular weight excluding hydrogens is 411 g/mol. The highest BCUT2D eigenvalue weighted by Crippen LogP contribution is 2.47. The lowest BCUT2D eigenvalue weighted by molar-refractivity contribution is -0.160. The van der Waals surface area contributed by atoms with Crippen LogP contribution in [0, 0.1) is 12.3 Å². The van der Waals surface area contributed by atoms with Gasteiger partial charge in [-0.2, -0.15) is 0 Å².